The second-order valence-corrected chi connectivity index (χ2v) is 5.45. The molecule has 0 aliphatic heterocycles. The van der Waals surface area contributed by atoms with Gasteiger partial charge in [0.1, 0.15) is 16.9 Å². The molecule has 1 N–H and O–H groups in total. The zero-order valence-electron chi connectivity index (χ0n) is 13.7. The molecule has 0 aromatic carbocycles. The van der Waals surface area contributed by atoms with Gasteiger partial charge in [-0.15, -0.1) is 0 Å². The Morgan fingerprint density at radius 2 is 1.95 bits per heavy atom. The average Bonchev–Trinajstić information content (AvgIpc) is 2.98. The summed E-state index contributed by atoms with van der Waals surface area (Å²) in [4.78, 5) is 9.09. The Balaban J connectivity index is 2.01. The first-order valence-electron chi connectivity index (χ1n) is 7.44. The zero-order chi connectivity index (χ0) is 15.9. The highest BCUT2D eigenvalue weighted by molar-refractivity contribution is 5.87. The fourth-order valence-corrected chi connectivity index (χ4v) is 2.59. The number of hydrogen-bond donors (Lipinski definition) is 1. The first-order valence-corrected chi connectivity index (χ1v) is 7.44. The first-order chi connectivity index (χ1) is 10.5. The Kier molecular flexibility index (Phi) is 3.56. The summed E-state index contributed by atoms with van der Waals surface area (Å²) in [5, 5.41) is 12.2. The predicted molar refractivity (Wildman–Crippen MR) is 85.7 cm³/mol. The number of hydrogen-bond acceptors (Lipinski definition) is 5. The van der Waals surface area contributed by atoms with E-state index in [9.17, 15) is 0 Å². The van der Waals surface area contributed by atoms with Crippen molar-refractivity contribution in [3.8, 4) is 0 Å². The van der Waals surface area contributed by atoms with Crippen LogP contribution in [0.15, 0.2) is 6.20 Å². The number of nitrogens with zero attached hydrogens (tertiary/aromatic N) is 6. The van der Waals surface area contributed by atoms with Crippen LogP contribution >= 0.6 is 0 Å². The maximum absolute atomic E-state index is 4.56. The fraction of sp³-hybridized carbons (Fsp3) is 0.467. The van der Waals surface area contributed by atoms with Gasteiger partial charge in [0, 0.05) is 31.4 Å². The van der Waals surface area contributed by atoms with Crippen molar-refractivity contribution in [3.05, 3.63) is 29.0 Å². The van der Waals surface area contributed by atoms with Crippen LogP contribution in [0.5, 0.6) is 0 Å². The summed E-state index contributed by atoms with van der Waals surface area (Å²) < 4.78 is 3.82. The van der Waals surface area contributed by atoms with E-state index in [0.29, 0.717) is 6.54 Å². The lowest BCUT2D eigenvalue weighted by atomic mass is 10.2. The van der Waals surface area contributed by atoms with Gasteiger partial charge in [-0.05, 0) is 27.7 Å². The molecule has 0 unspecified atom stereocenters. The molecule has 0 bridgehead atoms. The van der Waals surface area contributed by atoms with Crippen LogP contribution in [-0.4, -0.2) is 29.5 Å². The monoisotopic (exact) mass is 299 g/mol. The van der Waals surface area contributed by atoms with Crippen LogP contribution in [-0.2, 0) is 20.1 Å². The van der Waals surface area contributed by atoms with E-state index in [0.717, 1.165) is 46.2 Å². The minimum Gasteiger partial charge on any atom is -0.364 e. The smallest absolute Gasteiger partial charge is 0.156 e. The van der Waals surface area contributed by atoms with E-state index >= 15 is 0 Å². The van der Waals surface area contributed by atoms with Crippen LogP contribution in [0.25, 0.3) is 11.0 Å². The minimum atomic E-state index is 0.680. The van der Waals surface area contributed by atoms with Crippen LogP contribution in [0, 0.1) is 20.8 Å². The van der Waals surface area contributed by atoms with Gasteiger partial charge >= 0.3 is 0 Å². The number of rotatable bonds is 4. The number of aromatic nitrogens is 6. The highest BCUT2D eigenvalue weighted by Gasteiger charge is 2.15. The highest BCUT2D eigenvalue weighted by atomic mass is 15.3. The molecule has 116 valence electrons. The SMILES string of the molecule is CCn1nc(C)c2nc(C)nc(NCc3cnn(C)c3C)c21. The van der Waals surface area contributed by atoms with Crippen molar-refractivity contribution in [2.45, 2.75) is 40.8 Å². The second-order valence-electron chi connectivity index (χ2n) is 5.45. The van der Waals surface area contributed by atoms with E-state index in [4.69, 9.17) is 0 Å². The predicted octanol–water partition coefficient (Wildman–Crippen LogP) is 2.12. The van der Waals surface area contributed by atoms with E-state index in [1.165, 1.54) is 0 Å². The van der Waals surface area contributed by atoms with Crippen molar-refractivity contribution < 1.29 is 0 Å². The molecular weight excluding hydrogens is 278 g/mol. The van der Waals surface area contributed by atoms with Crippen LogP contribution in [0.4, 0.5) is 5.82 Å². The zero-order valence-corrected chi connectivity index (χ0v) is 13.7. The molecule has 3 aromatic rings. The van der Waals surface area contributed by atoms with Crippen molar-refractivity contribution in [3.63, 3.8) is 0 Å². The van der Waals surface area contributed by atoms with Crippen molar-refractivity contribution in [2.24, 2.45) is 7.05 Å². The summed E-state index contributed by atoms with van der Waals surface area (Å²) in [6.45, 7) is 9.49. The van der Waals surface area contributed by atoms with Crippen molar-refractivity contribution in [1.29, 1.82) is 0 Å². The third kappa shape index (κ3) is 2.32. The van der Waals surface area contributed by atoms with Gasteiger partial charge in [-0.3, -0.25) is 9.36 Å². The topological polar surface area (TPSA) is 73.5 Å². The van der Waals surface area contributed by atoms with Gasteiger partial charge in [0.25, 0.3) is 0 Å². The molecule has 0 radical (unpaired) electrons. The quantitative estimate of drug-likeness (QED) is 0.799. The van der Waals surface area contributed by atoms with E-state index in [2.05, 4.69) is 39.3 Å². The van der Waals surface area contributed by atoms with Crippen molar-refractivity contribution in [1.82, 2.24) is 29.5 Å². The number of anilines is 1. The summed E-state index contributed by atoms with van der Waals surface area (Å²) in [6.07, 6.45) is 1.88. The second kappa shape index (κ2) is 5.40. The summed E-state index contributed by atoms with van der Waals surface area (Å²) in [6, 6.07) is 0. The molecule has 0 atom stereocenters. The van der Waals surface area contributed by atoms with Crippen LogP contribution < -0.4 is 5.32 Å². The lowest BCUT2D eigenvalue weighted by Crippen LogP contribution is -2.07. The Labute approximate surface area is 129 Å². The van der Waals surface area contributed by atoms with Crippen molar-refractivity contribution in [2.75, 3.05) is 5.32 Å². The van der Waals surface area contributed by atoms with Gasteiger partial charge in [0.2, 0.25) is 0 Å². The number of aryl methyl sites for hydroxylation is 4. The largest absolute Gasteiger partial charge is 0.364 e. The molecule has 0 saturated heterocycles. The molecule has 0 amide bonds. The van der Waals surface area contributed by atoms with Gasteiger partial charge in [-0.25, -0.2) is 9.97 Å². The fourth-order valence-electron chi connectivity index (χ4n) is 2.59. The lowest BCUT2D eigenvalue weighted by Gasteiger charge is -2.09. The van der Waals surface area contributed by atoms with E-state index in [-0.39, 0.29) is 0 Å². The van der Waals surface area contributed by atoms with Crippen molar-refractivity contribution >= 4 is 16.9 Å². The van der Waals surface area contributed by atoms with E-state index in [1.54, 1.807) is 0 Å². The Morgan fingerprint density at radius 3 is 2.59 bits per heavy atom. The van der Waals surface area contributed by atoms with Crippen LogP contribution in [0.1, 0.15) is 29.7 Å². The van der Waals surface area contributed by atoms with Crippen LogP contribution in [0.3, 0.4) is 0 Å². The standard InChI is InChI=1S/C15H21N7/c1-6-22-14-13(9(2)20-22)18-11(4)19-15(14)16-7-12-8-17-21(5)10(12)3/h8H,6-7H2,1-5H3,(H,16,18,19). The average molecular weight is 299 g/mol. The Morgan fingerprint density at radius 1 is 1.18 bits per heavy atom. The summed E-state index contributed by atoms with van der Waals surface area (Å²) in [5.74, 6) is 1.57. The van der Waals surface area contributed by atoms with E-state index in [1.807, 2.05) is 36.5 Å². The summed E-state index contributed by atoms with van der Waals surface area (Å²) >= 11 is 0. The third-order valence-corrected chi connectivity index (χ3v) is 3.95. The maximum Gasteiger partial charge on any atom is 0.156 e. The lowest BCUT2D eigenvalue weighted by molar-refractivity contribution is 0.675. The van der Waals surface area contributed by atoms with Gasteiger partial charge in [-0.1, -0.05) is 0 Å². The van der Waals surface area contributed by atoms with Gasteiger partial charge in [0.15, 0.2) is 5.82 Å². The summed E-state index contributed by atoms with van der Waals surface area (Å²) in [5.41, 5.74) is 5.12. The molecule has 22 heavy (non-hydrogen) atoms. The summed E-state index contributed by atoms with van der Waals surface area (Å²) in [7, 11) is 1.95. The molecule has 3 aromatic heterocycles. The van der Waals surface area contributed by atoms with Gasteiger partial charge in [0.05, 0.1) is 11.9 Å². The van der Waals surface area contributed by atoms with E-state index < -0.39 is 0 Å². The highest BCUT2D eigenvalue weighted by Crippen LogP contribution is 2.23. The molecule has 3 rings (SSSR count). The van der Waals surface area contributed by atoms with Gasteiger partial charge < -0.3 is 5.32 Å². The van der Waals surface area contributed by atoms with Gasteiger partial charge in [-0.2, -0.15) is 10.2 Å². The number of fused-ring (bicyclic) bond motifs is 1. The molecule has 0 fully saturated rings. The van der Waals surface area contributed by atoms with Crippen LogP contribution in [0.2, 0.25) is 0 Å². The normalized spacial score (nSPS) is 11.3. The third-order valence-electron chi connectivity index (χ3n) is 3.95. The molecule has 3 heterocycles. The Bertz CT molecular complexity index is 828. The molecule has 0 saturated carbocycles. The minimum absolute atomic E-state index is 0.680. The number of nitrogens with one attached hydrogen (secondary N) is 1. The molecular formula is C15H21N7. The first kappa shape index (κ1) is 14.5. The molecule has 7 nitrogen and oxygen atoms in total. The Hall–Kier alpha value is -2.44. The molecule has 7 heteroatoms. The molecule has 0 aliphatic rings. The maximum atomic E-state index is 4.56. The molecule has 0 aliphatic carbocycles. The molecule has 0 spiro atoms.